The van der Waals surface area contributed by atoms with E-state index in [1.54, 1.807) is 0 Å². The zero-order valence-corrected chi connectivity index (χ0v) is 75.8. The molecule has 0 aliphatic carbocycles. The van der Waals surface area contributed by atoms with Gasteiger partial charge in [0, 0.05) is 6.61 Å². The van der Waals surface area contributed by atoms with Gasteiger partial charge in [-0.25, -0.2) is 66.9 Å². The van der Waals surface area contributed by atoms with E-state index >= 15 is 0 Å². The van der Waals surface area contributed by atoms with Gasteiger partial charge in [-0.2, -0.15) is 135 Å². The molecule has 0 aromatic heterocycles. The van der Waals surface area contributed by atoms with Gasteiger partial charge < -0.3 is 47.4 Å². The van der Waals surface area contributed by atoms with Crippen molar-refractivity contribution in [3.63, 3.8) is 0 Å². The summed E-state index contributed by atoms with van der Waals surface area (Å²) in [6, 6.07) is 0. The van der Waals surface area contributed by atoms with Crippen LogP contribution < -0.4 is 0 Å². The van der Waals surface area contributed by atoms with Crippen molar-refractivity contribution in [2.75, 3.05) is 39.6 Å². The molecule has 0 saturated carbocycles. The van der Waals surface area contributed by atoms with Gasteiger partial charge in [-0.3, -0.25) is 72.8 Å². The Morgan fingerprint density at radius 1 is 0.185 bits per heavy atom. The minimum atomic E-state index is -7.00. The average molecular weight is 2250 g/mol. The van der Waals surface area contributed by atoms with Crippen LogP contribution in [-0.2, 0) is 281 Å². The third-order valence-electron chi connectivity index (χ3n) is 15.9. The standard InChI is InChI=1S/C40H72O74S16/c1-2-3-4-5-6-7-8-9-10-89-36-31(110-126(74,75)76)26(105-121(59,60)61)21(16(95-36)11-90-115(41,42)43)100-37-32(111-127(77,78)79)27(106-122(62,63)64)22(17(96-37)12-91-116(44,45)46)101-38-33(112-128(80,81)82)28(107-123(65,66)67)23(18(97-38)13-92-117(47,48)49)102-39-34(113-129(83,84)85)29(108-124(68,69)70)24(19(98-39)14-93-118(50,51)52)103-40-35(114-130(86,87)88)30(109-125(71,72)73)25(104-120(56,57)58)20(99-40)15-94-119(53,54)55/h16-40H,2-15H2,1H3,(H,41,42,43)(H,44,45,46)(H,47,48,49)(H,50,51,52)(H,53,54,55)(H,56,57,58)(H,59,60,61)(H,62,63,64)(H,65,66,67)(H,68,69,70)(H,71,72,73)(H,74,75,76)(H,77,78,79)(H,80,81,82)(H,83,84,85)(H,86,87,88). The first-order valence-electron chi connectivity index (χ1n) is 33.1. The summed E-state index contributed by atoms with van der Waals surface area (Å²) in [7, 11) is -105. The van der Waals surface area contributed by atoms with E-state index in [2.05, 4.69) is 66.9 Å². The molecular formula is C40H72O74S16. The molecule has 0 aromatic rings. The molecule has 5 rings (SSSR count). The van der Waals surface area contributed by atoms with Crippen molar-refractivity contribution in [3.05, 3.63) is 0 Å². The highest BCUT2D eigenvalue weighted by molar-refractivity contribution is 7.84. The minimum absolute atomic E-state index is 0.129. The predicted molar refractivity (Wildman–Crippen MR) is 379 cm³/mol. The summed E-state index contributed by atoms with van der Waals surface area (Å²) in [5, 5.41) is 0. The second kappa shape index (κ2) is 45.8. The van der Waals surface area contributed by atoms with E-state index in [4.69, 9.17) is 47.4 Å². The fraction of sp³-hybridized carbons (Fsp3) is 1.00. The van der Waals surface area contributed by atoms with Crippen molar-refractivity contribution < 1.29 is 322 Å². The molecule has 5 heterocycles. The van der Waals surface area contributed by atoms with Crippen LogP contribution in [0.15, 0.2) is 0 Å². The van der Waals surface area contributed by atoms with Crippen LogP contribution in [-0.4, -0.2) is 401 Å². The molecule has 0 aromatic carbocycles. The zero-order valence-electron chi connectivity index (χ0n) is 62.7. The van der Waals surface area contributed by atoms with Gasteiger partial charge in [0.25, 0.3) is 0 Å². The lowest BCUT2D eigenvalue weighted by Gasteiger charge is -2.51. The molecule has 5 saturated heterocycles. The molecule has 0 spiro atoms. The Morgan fingerprint density at radius 2 is 0.338 bits per heavy atom. The van der Waals surface area contributed by atoms with E-state index in [1.807, 2.05) is 6.92 Å². The van der Waals surface area contributed by atoms with Crippen molar-refractivity contribution in [1.82, 2.24) is 0 Å². The first-order chi connectivity index (χ1) is 58.3. The van der Waals surface area contributed by atoms with Crippen LogP contribution >= 0.6 is 0 Å². The fourth-order valence-corrected chi connectivity index (χ4v) is 18.8. The van der Waals surface area contributed by atoms with E-state index in [1.165, 1.54) is 0 Å². The number of unbranched alkanes of at least 4 members (excludes halogenated alkanes) is 7. The Labute approximate surface area is 734 Å². The lowest BCUT2D eigenvalue weighted by atomic mass is 9.95. The third kappa shape index (κ3) is 44.3. The quantitative estimate of drug-likeness (QED) is 0.0199. The molecule has 5 aliphatic rings. The molecule has 0 radical (unpaired) electrons. The summed E-state index contributed by atoms with van der Waals surface area (Å²) in [4.78, 5) is 0. The summed E-state index contributed by atoms with van der Waals surface area (Å²) >= 11 is 0. The van der Waals surface area contributed by atoms with Crippen molar-refractivity contribution in [2.24, 2.45) is 0 Å². The van der Waals surface area contributed by atoms with Gasteiger partial charge in [0.15, 0.2) is 62.0 Å². The van der Waals surface area contributed by atoms with Crippen LogP contribution in [0.2, 0.25) is 0 Å². The van der Waals surface area contributed by atoms with E-state index < -0.39 is 360 Å². The average Bonchev–Trinajstić information content (AvgIpc) is 0.750. The molecule has 90 heteroatoms. The summed E-state index contributed by atoms with van der Waals surface area (Å²) in [5.41, 5.74) is 0. The first kappa shape index (κ1) is 118. The minimum Gasteiger partial charge on any atom is -0.350 e. The van der Waals surface area contributed by atoms with Gasteiger partial charge in [-0.15, -0.1) is 0 Å². The van der Waals surface area contributed by atoms with Crippen molar-refractivity contribution in [1.29, 1.82) is 0 Å². The van der Waals surface area contributed by atoms with Crippen molar-refractivity contribution in [2.45, 2.75) is 212 Å². The summed E-state index contributed by atoms with van der Waals surface area (Å²) < 4.78 is 686. The number of hydrogen-bond acceptors (Lipinski definition) is 58. The van der Waals surface area contributed by atoms with Crippen LogP contribution in [0.4, 0.5) is 0 Å². The second-order valence-electron chi connectivity index (χ2n) is 25.4. The van der Waals surface area contributed by atoms with Crippen LogP contribution in [0.1, 0.15) is 58.3 Å². The first-order valence-corrected chi connectivity index (χ1v) is 55.0. The van der Waals surface area contributed by atoms with E-state index in [9.17, 15) is 208 Å². The van der Waals surface area contributed by atoms with E-state index in [-0.39, 0.29) is 12.8 Å². The van der Waals surface area contributed by atoms with Gasteiger partial charge in [0.2, 0.25) is 0 Å². The molecule has 130 heavy (non-hydrogen) atoms. The highest BCUT2D eigenvalue weighted by Crippen LogP contribution is 2.44. The molecule has 25 atom stereocenters. The number of ether oxygens (including phenoxy) is 10. The zero-order chi connectivity index (χ0) is 99.7. The van der Waals surface area contributed by atoms with Crippen LogP contribution in [0.3, 0.4) is 0 Å². The Morgan fingerprint density at radius 3 is 0.531 bits per heavy atom. The van der Waals surface area contributed by atoms with Crippen LogP contribution in [0.5, 0.6) is 0 Å². The van der Waals surface area contributed by atoms with Gasteiger partial charge in [0.1, 0.15) is 91.6 Å². The van der Waals surface area contributed by atoms with E-state index in [0.717, 1.165) is 19.3 Å². The molecule has 16 N–H and O–H groups in total. The third-order valence-corrected chi connectivity index (χ3v) is 23.2. The summed E-state index contributed by atoms with van der Waals surface area (Å²) in [6.07, 6.45) is -88.5. The van der Waals surface area contributed by atoms with Gasteiger partial charge in [-0.05, 0) is 6.42 Å². The molecule has 74 nitrogen and oxygen atoms in total. The number of hydrogen-bond donors (Lipinski definition) is 16. The maximum atomic E-state index is 13.2. The van der Waals surface area contributed by atoms with Crippen molar-refractivity contribution >= 4 is 166 Å². The maximum absolute atomic E-state index is 13.2. The largest absolute Gasteiger partial charge is 0.397 e. The Hall–Kier alpha value is -2.48. The smallest absolute Gasteiger partial charge is 0.350 e. The predicted octanol–water partition coefficient (Wildman–Crippen LogP) is -10.5. The fourth-order valence-electron chi connectivity index (χ4n) is 11.8. The summed E-state index contributed by atoms with van der Waals surface area (Å²) in [5.74, 6) is 0. The maximum Gasteiger partial charge on any atom is 0.397 e. The van der Waals surface area contributed by atoms with Gasteiger partial charge in [-0.1, -0.05) is 51.9 Å². The lowest BCUT2D eigenvalue weighted by Crippen LogP contribution is -2.70. The van der Waals surface area contributed by atoms with Gasteiger partial charge >= 0.3 is 166 Å². The highest BCUT2D eigenvalue weighted by Gasteiger charge is 2.65. The molecule has 0 amide bonds. The molecule has 5 aliphatic heterocycles. The van der Waals surface area contributed by atoms with E-state index in [0.29, 0.717) is 19.3 Å². The molecule has 5 fully saturated rings. The molecule has 25 unspecified atom stereocenters. The van der Waals surface area contributed by atoms with Crippen LogP contribution in [0.25, 0.3) is 0 Å². The molecule has 772 valence electrons. The second-order valence-corrected chi connectivity index (χ2v) is 42.4. The van der Waals surface area contributed by atoms with Crippen molar-refractivity contribution in [3.8, 4) is 0 Å². The Kier molecular flexibility index (Phi) is 41.6. The van der Waals surface area contributed by atoms with Crippen LogP contribution in [0, 0.1) is 0 Å². The monoisotopic (exact) mass is 2250 g/mol. The number of rotatable bonds is 55. The topological polar surface area (TPSA) is 1110 Å². The SMILES string of the molecule is CCCCCCCCCCOC1OC(COS(=O)(=O)O)C(OC2OC(COS(=O)(=O)O)C(OC3OC(COS(=O)(=O)O)C(OC4OC(COS(=O)(=O)O)C(OC5OC(COS(=O)(=O)O)C(OS(=O)(=O)O)C(OS(=O)(=O)O)C5OS(=O)(=O)O)C(OS(=O)(=O)O)C4OS(=O)(=O)O)C(OS(=O)(=O)O)C3OS(=O)(=O)O)C(OS(=O)(=O)O)C2OS(=O)(=O)O)C(OS(=O)(=O)O)C1OS(=O)(=O)O. The molecular weight excluding hydrogens is 2180 g/mol. The Balaban J connectivity index is 1.90. The Bertz CT molecular complexity index is 5780. The lowest BCUT2D eigenvalue weighted by molar-refractivity contribution is -0.384. The molecule has 0 bridgehead atoms. The highest BCUT2D eigenvalue weighted by atomic mass is 32.3. The summed E-state index contributed by atoms with van der Waals surface area (Å²) in [6.45, 7) is -10.7. The normalized spacial score (nSPS) is 31.7. The van der Waals surface area contributed by atoms with Gasteiger partial charge in [0.05, 0.1) is 33.0 Å².